The van der Waals surface area contributed by atoms with Crippen LogP contribution in [-0.2, 0) is 14.3 Å². The Morgan fingerprint density at radius 2 is 1.86 bits per heavy atom. The quantitative estimate of drug-likeness (QED) is 0.481. The normalized spacial score (nSPS) is 11.0. The number of carbonyl (C=O) groups excluding carboxylic acids is 1. The van der Waals surface area contributed by atoms with Crippen LogP contribution in [0.15, 0.2) is 48.7 Å². The second-order valence-electron chi connectivity index (χ2n) is 4.47. The van der Waals surface area contributed by atoms with Crippen LogP contribution >= 0.6 is 0 Å². The van der Waals surface area contributed by atoms with Crippen LogP contribution in [0.3, 0.4) is 0 Å². The molecule has 0 saturated carbocycles. The summed E-state index contributed by atoms with van der Waals surface area (Å²) in [5, 5.41) is 0. The number of carbonyl (C=O) groups is 1. The predicted octanol–water partition coefficient (Wildman–Crippen LogP) is 3.34. The second-order valence-corrected chi connectivity index (χ2v) is 4.47. The van der Waals surface area contributed by atoms with Crippen LogP contribution in [0, 0.1) is 6.92 Å². The maximum absolute atomic E-state index is 11.9. The summed E-state index contributed by atoms with van der Waals surface area (Å²) in [7, 11) is 2.78. The van der Waals surface area contributed by atoms with Crippen molar-refractivity contribution in [3.8, 4) is 11.6 Å². The third kappa shape index (κ3) is 3.63. The Bertz CT molecular complexity index is 695. The molecule has 0 N–H and O–H groups in total. The SMILES string of the molecule is CO/C=C(\C(=O)OC)c1ccccc1Oc1cccc(C)n1. The van der Waals surface area contributed by atoms with Gasteiger partial charge in [-0.05, 0) is 19.1 Å². The molecule has 22 heavy (non-hydrogen) atoms. The Morgan fingerprint density at radius 1 is 1.09 bits per heavy atom. The molecule has 0 unspecified atom stereocenters. The van der Waals surface area contributed by atoms with E-state index in [0.29, 0.717) is 17.2 Å². The molecule has 114 valence electrons. The van der Waals surface area contributed by atoms with E-state index in [9.17, 15) is 4.79 Å². The highest BCUT2D eigenvalue weighted by Crippen LogP contribution is 2.30. The monoisotopic (exact) mass is 299 g/mol. The molecule has 0 fully saturated rings. The highest BCUT2D eigenvalue weighted by Gasteiger charge is 2.18. The van der Waals surface area contributed by atoms with E-state index in [1.54, 1.807) is 24.3 Å². The van der Waals surface area contributed by atoms with E-state index in [0.717, 1.165) is 5.69 Å². The number of pyridine rings is 1. The molecule has 0 aliphatic rings. The molecule has 5 nitrogen and oxygen atoms in total. The molecule has 2 rings (SSSR count). The zero-order valence-electron chi connectivity index (χ0n) is 12.7. The Balaban J connectivity index is 2.41. The number of benzene rings is 1. The van der Waals surface area contributed by atoms with Crippen molar-refractivity contribution >= 4 is 11.5 Å². The lowest BCUT2D eigenvalue weighted by atomic mass is 10.1. The zero-order valence-corrected chi connectivity index (χ0v) is 12.7. The molecular formula is C17H17NO4. The summed E-state index contributed by atoms with van der Waals surface area (Å²) < 4.78 is 15.6. The highest BCUT2D eigenvalue weighted by molar-refractivity contribution is 6.17. The molecule has 0 bridgehead atoms. The third-order valence-corrected chi connectivity index (χ3v) is 2.90. The van der Waals surface area contributed by atoms with Gasteiger partial charge in [0.2, 0.25) is 5.88 Å². The van der Waals surface area contributed by atoms with Crippen LogP contribution in [0.2, 0.25) is 0 Å². The summed E-state index contributed by atoms with van der Waals surface area (Å²) in [5.74, 6) is 0.443. The van der Waals surface area contributed by atoms with Gasteiger partial charge in [0.1, 0.15) is 11.3 Å². The number of methoxy groups -OCH3 is 2. The van der Waals surface area contributed by atoms with E-state index >= 15 is 0 Å². The first-order valence-electron chi connectivity index (χ1n) is 6.68. The van der Waals surface area contributed by atoms with Gasteiger partial charge in [-0.1, -0.05) is 24.3 Å². The minimum absolute atomic E-state index is 0.272. The van der Waals surface area contributed by atoms with Crippen molar-refractivity contribution < 1.29 is 19.0 Å². The Labute approximate surface area is 129 Å². The van der Waals surface area contributed by atoms with Gasteiger partial charge in [0.05, 0.1) is 20.5 Å². The first kappa shape index (κ1) is 15.6. The fraction of sp³-hybridized carbons (Fsp3) is 0.176. The molecule has 0 aliphatic heterocycles. The van der Waals surface area contributed by atoms with E-state index < -0.39 is 5.97 Å². The minimum atomic E-state index is -0.505. The van der Waals surface area contributed by atoms with Gasteiger partial charge in [-0.2, -0.15) is 0 Å². The molecule has 0 amide bonds. The zero-order chi connectivity index (χ0) is 15.9. The predicted molar refractivity (Wildman–Crippen MR) is 82.5 cm³/mol. The van der Waals surface area contributed by atoms with Gasteiger partial charge in [0.25, 0.3) is 0 Å². The van der Waals surface area contributed by atoms with Gasteiger partial charge in [0, 0.05) is 17.3 Å². The average molecular weight is 299 g/mol. The summed E-state index contributed by atoms with van der Waals surface area (Å²) in [6.07, 6.45) is 1.33. The van der Waals surface area contributed by atoms with Gasteiger partial charge in [-0.25, -0.2) is 9.78 Å². The van der Waals surface area contributed by atoms with Crippen LogP contribution in [-0.4, -0.2) is 25.2 Å². The summed E-state index contributed by atoms with van der Waals surface area (Å²) in [5.41, 5.74) is 1.68. The molecule has 0 spiro atoms. The topological polar surface area (TPSA) is 57.7 Å². The van der Waals surface area contributed by atoms with Gasteiger partial charge >= 0.3 is 5.97 Å². The van der Waals surface area contributed by atoms with E-state index in [2.05, 4.69) is 4.98 Å². The van der Waals surface area contributed by atoms with E-state index in [1.165, 1.54) is 20.5 Å². The number of hydrogen-bond donors (Lipinski definition) is 0. The number of aryl methyl sites for hydroxylation is 1. The van der Waals surface area contributed by atoms with Crippen molar-refractivity contribution in [2.75, 3.05) is 14.2 Å². The molecule has 0 aliphatic carbocycles. The fourth-order valence-corrected chi connectivity index (χ4v) is 1.92. The lowest BCUT2D eigenvalue weighted by Gasteiger charge is -2.12. The summed E-state index contributed by atoms with van der Waals surface area (Å²) in [6, 6.07) is 12.6. The van der Waals surface area contributed by atoms with E-state index in [1.807, 2.05) is 25.1 Å². The van der Waals surface area contributed by atoms with Crippen LogP contribution in [0.25, 0.3) is 5.57 Å². The lowest BCUT2D eigenvalue weighted by molar-refractivity contribution is -0.133. The Kier molecular flexibility index (Phi) is 5.14. The van der Waals surface area contributed by atoms with Crippen LogP contribution in [0.1, 0.15) is 11.3 Å². The Hall–Kier alpha value is -2.82. The molecular weight excluding hydrogens is 282 g/mol. The number of ether oxygens (including phenoxy) is 3. The summed E-state index contributed by atoms with van der Waals surface area (Å²) >= 11 is 0. The molecule has 0 saturated heterocycles. The second kappa shape index (κ2) is 7.26. The highest BCUT2D eigenvalue weighted by atomic mass is 16.5. The van der Waals surface area contributed by atoms with Crippen molar-refractivity contribution in [2.45, 2.75) is 6.92 Å². The standard InChI is InChI=1S/C17H17NO4/c1-12-7-6-10-16(18-12)22-15-9-5-4-8-13(15)14(11-20-2)17(19)21-3/h4-11H,1-3H3/b14-11-. The lowest BCUT2D eigenvalue weighted by Crippen LogP contribution is -2.06. The molecule has 2 aromatic rings. The largest absolute Gasteiger partial charge is 0.503 e. The summed E-state index contributed by atoms with van der Waals surface area (Å²) in [6.45, 7) is 1.88. The van der Waals surface area contributed by atoms with Crippen molar-refractivity contribution in [1.82, 2.24) is 4.98 Å². The minimum Gasteiger partial charge on any atom is -0.503 e. The van der Waals surface area contributed by atoms with Gasteiger partial charge in [-0.15, -0.1) is 0 Å². The molecule has 1 heterocycles. The van der Waals surface area contributed by atoms with Crippen molar-refractivity contribution in [2.24, 2.45) is 0 Å². The third-order valence-electron chi connectivity index (χ3n) is 2.90. The van der Waals surface area contributed by atoms with Crippen molar-refractivity contribution in [1.29, 1.82) is 0 Å². The maximum Gasteiger partial charge on any atom is 0.341 e. The fourth-order valence-electron chi connectivity index (χ4n) is 1.92. The number of rotatable bonds is 5. The molecule has 1 aromatic carbocycles. The van der Waals surface area contributed by atoms with E-state index in [4.69, 9.17) is 14.2 Å². The van der Waals surface area contributed by atoms with Gasteiger partial charge in [-0.3, -0.25) is 0 Å². The number of hydrogen-bond acceptors (Lipinski definition) is 5. The first-order chi connectivity index (χ1) is 10.7. The van der Waals surface area contributed by atoms with Crippen LogP contribution in [0.5, 0.6) is 11.6 Å². The van der Waals surface area contributed by atoms with E-state index in [-0.39, 0.29) is 5.57 Å². The van der Waals surface area contributed by atoms with Gasteiger partial charge < -0.3 is 14.2 Å². The van der Waals surface area contributed by atoms with Gasteiger partial charge in [0.15, 0.2) is 0 Å². The maximum atomic E-state index is 11.9. The molecule has 5 heteroatoms. The number of aromatic nitrogens is 1. The number of para-hydroxylation sites is 1. The Morgan fingerprint density at radius 3 is 2.55 bits per heavy atom. The number of nitrogens with zero attached hydrogens (tertiary/aromatic N) is 1. The summed E-state index contributed by atoms with van der Waals surface area (Å²) in [4.78, 5) is 16.2. The molecule has 0 radical (unpaired) electrons. The molecule has 1 aromatic heterocycles. The molecule has 0 atom stereocenters. The smallest absolute Gasteiger partial charge is 0.341 e. The van der Waals surface area contributed by atoms with Crippen LogP contribution < -0.4 is 4.74 Å². The number of esters is 1. The van der Waals surface area contributed by atoms with Crippen LogP contribution in [0.4, 0.5) is 0 Å². The average Bonchev–Trinajstić information content (AvgIpc) is 2.53. The van der Waals surface area contributed by atoms with Crippen molar-refractivity contribution in [3.05, 3.63) is 60.0 Å². The van der Waals surface area contributed by atoms with Crippen molar-refractivity contribution in [3.63, 3.8) is 0 Å². The first-order valence-corrected chi connectivity index (χ1v) is 6.68.